The van der Waals surface area contributed by atoms with E-state index in [-0.39, 0.29) is 0 Å². The number of hydrogen-bond acceptors (Lipinski definition) is 4. The van der Waals surface area contributed by atoms with Gasteiger partial charge < -0.3 is 10.3 Å². The lowest BCUT2D eigenvalue weighted by Gasteiger charge is -2.00. The minimum absolute atomic E-state index is 0.370. The Kier molecular flexibility index (Phi) is 2.13. The van der Waals surface area contributed by atoms with E-state index in [9.17, 15) is 0 Å². The van der Waals surface area contributed by atoms with Gasteiger partial charge in [-0.05, 0) is 37.3 Å². The molecule has 2 heterocycles. The summed E-state index contributed by atoms with van der Waals surface area (Å²) in [6.07, 6.45) is 5.28. The molecule has 82 valence electrons. The van der Waals surface area contributed by atoms with Gasteiger partial charge >= 0.3 is 0 Å². The van der Waals surface area contributed by atoms with Crippen LogP contribution in [0.1, 0.15) is 18.5 Å². The van der Waals surface area contributed by atoms with Crippen molar-refractivity contribution in [3.63, 3.8) is 0 Å². The quantitative estimate of drug-likeness (QED) is 0.853. The summed E-state index contributed by atoms with van der Waals surface area (Å²) in [5, 5.41) is 4.03. The summed E-state index contributed by atoms with van der Waals surface area (Å²) >= 11 is 0. The molecular weight excluding hydrogens is 202 g/mol. The summed E-state index contributed by atoms with van der Waals surface area (Å²) in [5.41, 5.74) is 8.46. The van der Waals surface area contributed by atoms with Crippen molar-refractivity contribution in [1.29, 1.82) is 0 Å². The lowest BCUT2D eigenvalue weighted by atomic mass is 10.1. The Hall–Kier alpha value is -1.84. The molecule has 0 bridgehead atoms. The molecule has 16 heavy (non-hydrogen) atoms. The summed E-state index contributed by atoms with van der Waals surface area (Å²) in [4.78, 5) is 4.29. The first-order chi connectivity index (χ1) is 7.84. The lowest BCUT2D eigenvalue weighted by Crippen LogP contribution is -1.94. The molecule has 0 saturated heterocycles. The number of pyridine rings is 1. The number of anilines is 1. The Morgan fingerprint density at radius 1 is 1.38 bits per heavy atom. The van der Waals surface area contributed by atoms with Gasteiger partial charge in [-0.2, -0.15) is 0 Å². The second-order valence-corrected chi connectivity index (χ2v) is 4.23. The number of aromatic nitrogens is 2. The highest BCUT2D eigenvalue weighted by Crippen LogP contribution is 2.36. The van der Waals surface area contributed by atoms with E-state index < -0.39 is 0 Å². The molecule has 0 amide bonds. The van der Waals surface area contributed by atoms with E-state index in [2.05, 4.69) is 10.1 Å². The molecular formula is C12H13N3O. The second kappa shape index (κ2) is 3.63. The first-order valence-electron chi connectivity index (χ1n) is 5.50. The van der Waals surface area contributed by atoms with Gasteiger partial charge in [-0.1, -0.05) is 11.2 Å². The molecule has 0 aliphatic heterocycles. The molecule has 2 aromatic heterocycles. The van der Waals surface area contributed by atoms with E-state index in [1.54, 1.807) is 6.20 Å². The fourth-order valence-electron chi connectivity index (χ4n) is 1.86. The van der Waals surface area contributed by atoms with Crippen molar-refractivity contribution >= 4 is 5.88 Å². The van der Waals surface area contributed by atoms with E-state index in [0.29, 0.717) is 5.88 Å². The molecule has 0 spiro atoms. The average molecular weight is 215 g/mol. The van der Waals surface area contributed by atoms with Gasteiger partial charge in [0.05, 0.1) is 17.0 Å². The van der Waals surface area contributed by atoms with Gasteiger partial charge in [0.15, 0.2) is 0 Å². The smallest absolute Gasteiger partial charge is 0.231 e. The van der Waals surface area contributed by atoms with Gasteiger partial charge in [0.25, 0.3) is 0 Å². The van der Waals surface area contributed by atoms with Crippen LogP contribution in [0.3, 0.4) is 0 Å². The summed E-state index contributed by atoms with van der Waals surface area (Å²) < 4.78 is 5.07. The third-order valence-electron chi connectivity index (χ3n) is 2.89. The van der Waals surface area contributed by atoms with E-state index in [0.717, 1.165) is 29.3 Å². The van der Waals surface area contributed by atoms with Gasteiger partial charge in [-0.25, -0.2) is 0 Å². The topological polar surface area (TPSA) is 64.9 Å². The van der Waals surface area contributed by atoms with Crippen LogP contribution in [0.5, 0.6) is 0 Å². The van der Waals surface area contributed by atoms with E-state index in [4.69, 9.17) is 10.3 Å². The molecule has 1 aliphatic rings. The van der Waals surface area contributed by atoms with Crippen LogP contribution in [0.4, 0.5) is 5.88 Å². The maximum Gasteiger partial charge on any atom is 0.231 e. The van der Waals surface area contributed by atoms with E-state index >= 15 is 0 Å². The highest BCUT2D eigenvalue weighted by atomic mass is 16.5. The minimum atomic E-state index is 0.370. The van der Waals surface area contributed by atoms with Crippen LogP contribution >= 0.6 is 0 Å². The SMILES string of the molecule is Nc1onc(CC2CC2)c1-c1ccccn1. The molecule has 1 saturated carbocycles. The van der Waals surface area contributed by atoms with Gasteiger partial charge in [0, 0.05) is 6.20 Å². The summed E-state index contributed by atoms with van der Waals surface area (Å²) in [6.45, 7) is 0. The molecule has 3 rings (SSSR count). The summed E-state index contributed by atoms with van der Waals surface area (Å²) in [7, 11) is 0. The molecule has 0 aromatic carbocycles. The van der Waals surface area contributed by atoms with Crippen molar-refractivity contribution in [3.05, 3.63) is 30.1 Å². The maximum atomic E-state index is 5.80. The highest BCUT2D eigenvalue weighted by Gasteiger charge is 2.26. The Morgan fingerprint density at radius 3 is 2.94 bits per heavy atom. The van der Waals surface area contributed by atoms with Crippen molar-refractivity contribution in [3.8, 4) is 11.3 Å². The van der Waals surface area contributed by atoms with Crippen LogP contribution in [0.15, 0.2) is 28.9 Å². The summed E-state index contributed by atoms with van der Waals surface area (Å²) in [5.74, 6) is 1.13. The maximum absolute atomic E-state index is 5.80. The van der Waals surface area contributed by atoms with Crippen molar-refractivity contribution in [2.45, 2.75) is 19.3 Å². The van der Waals surface area contributed by atoms with Gasteiger partial charge in [0.1, 0.15) is 0 Å². The van der Waals surface area contributed by atoms with Gasteiger partial charge in [-0.3, -0.25) is 4.98 Å². The van der Waals surface area contributed by atoms with E-state index in [1.165, 1.54) is 12.8 Å². The monoisotopic (exact) mass is 215 g/mol. The third kappa shape index (κ3) is 1.66. The second-order valence-electron chi connectivity index (χ2n) is 4.23. The minimum Gasteiger partial charge on any atom is -0.367 e. The van der Waals surface area contributed by atoms with Crippen LogP contribution in [0.2, 0.25) is 0 Å². The van der Waals surface area contributed by atoms with Crippen molar-refractivity contribution in [2.24, 2.45) is 5.92 Å². The lowest BCUT2D eigenvalue weighted by molar-refractivity contribution is 0.426. The van der Waals surface area contributed by atoms with Crippen molar-refractivity contribution in [1.82, 2.24) is 10.1 Å². The zero-order valence-corrected chi connectivity index (χ0v) is 8.89. The van der Waals surface area contributed by atoms with Crippen molar-refractivity contribution < 1.29 is 4.52 Å². The number of hydrogen-bond donors (Lipinski definition) is 1. The molecule has 2 N–H and O–H groups in total. The Bertz CT molecular complexity index is 488. The normalized spacial score (nSPS) is 15.2. The van der Waals surface area contributed by atoms with Crippen LogP contribution in [0.25, 0.3) is 11.3 Å². The predicted octanol–water partition coefficient (Wildman–Crippen LogP) is 2.27. The first-order valence-corrected chi connectivity index (χ1v) is 5.50. The Balaban J connectivity index is 2.01. The zero-order chi connectivity index (χ0) is 11.0. The van der Waals surface area contributed by atoms with E-state index in [1.807, 2.05) is 18.2 Å². The molecule has 0 atom stereocenters. The fourth-order valence-corrected chi connectivity index (χ4v) is 1.86. The number of rotatable bonds is 3. The molecule has 0 radical (unpaired) electrons. The Morgan fingerprint density at radius 2 is 2.25 bits per heavy atom. The average Bonchev–Trinajstić information content (AvgIpc) is 3.04. The summed E-state index contributed by atoms with van der Waals surface area (Å²) in [6, 6.07) is 5.75. The predicted molar refractivity (Wildman–Crippen MR) is 60.6 cm³/mol. The van der Waals surface area contributed by atoms with Gasteiger partial charge in [-0.15, -0.1) is 0 Å². The first kappa shape index (κ1) is 9.39. The molecule has 2 aromatic rings. The largest absolute Gasteiger partial charge is 0.367 e. The zero-order valence-electron chi connectivity index (χ0n) is 8.89. The molecule has 4 heteroatoms. The standard InChI is InChI=1S/C12H13N3O/c13-12-11(9-3-1-2-6-14-9)10(15-16-12)7-8-4-5-8/h1-3,6,8H,4-5,7,13H2. The van der Waals surface area contributed by atoms with Crippen molar-refractivity contribution in [2.75, 3.05) is 5.73 Å². The number of nitrogens with zero attached hydrogens (tertiary/aromatic N) is 2. The van der Waals surface area contributed by atoms with Gasteiger partial charge in [0.2, 0.25) is 5.88 Å². The molecule has 1 aliphatic carbocycles. The van der Waals surface area contributed by atoms with Crippen LogP contribution in [-0.2, 0) is 6.42 Å². The fraction of sp³-hybridized carbons (Fsp3) is 0.333. The third-order valence-corrected chi connectivity index (χ3v) is 2.89. The number of nitrogens with two attached hydrogens (primary N) is 1. The highest BCUT2D eigenvalue weighted by molar-refractivity contribution is 5.72. The molecule has 4 nitrogen and oxygen atoms in total. The molecule has 0 unspecified atom stereocenters. The number of nitrogen functional groups attached to an aromatic ring is 1. The Labute approximate surface area is 93.5 Å². The van der Waals surface area contributed by atoms with Crippen LogP contribution in [0, 0.1) is 5.92 Å². The van der Waals surface area contributed by atoms with Crippen LogP contribution < -0.4 is 5.73 Å². The van der Waals surface area contributed by atoms with Crippen LogP contribution in [-0.4, -0.2) is 10.1 Å². The molecule has 1 fully saturated rings.